The third kappa shape index (κ3) is 3.64. The molecule has 1 aromatic heterocycles. The van der Waals surface area contributed by atoms with Gasteiger partial charge in [-0.15, -0.1) is 0 Å². The number of rotatable bonds is 4. The highest BCUT2D eigenvalue weighted by Gasteiger charge is 2.19. The highest BCUT2D eigenvalue weighted by molar-refractivity contribution is 6.09. The van der Waals surface area contributed by atoms with Gasteiger partial charge in [0, 0.05) is 43.3 Å². The molecule has 144 valence electrons. The molecule has 0 radical (unpaired) electrons. The molecule has 0 spiro atoms. The second kappa shape index (κ2) is 7.86. The molecule has 0 aliphatic carbocycles. The van der Waals surface area contributed by atoms with E-state index >= 15 is 0 Å². The van der Waals surface area contributed by atoms with Gasteiger partial charge in [0.2, 0.25) is 0 Å². The number of likely N-dealkylation sites (N-methyl/N-ethyl adjacent to an activating group) is 1. The first-order valence-corrected chi connectivity index (χ1v) is 9.42. The van der Waals surface area contributed by atoms with Crippen LogP contribution in [0.1, 0.15) is 10.4 Å². The minimum Gasteiger partial charge on any atom is -0.495 e. The third-order valence-corrected chi connectivity index (χ3v) is 5.18. The number of carbonyl (C=O) groups is 1. The van der Waals surface area contributed by atoms with E-state index in [1.807, 2.05) is 48.5 Å². The molecule has 1 amide bonds. The van der Waals surface area contributed by atoms with Crippen LogP contribution in [0, 0.1) is 0 Å². The number of amides is 1. The Kier molecular flexibility index (Phi) is 5.12. The summed E-state index contributed by atoms with van der Waals surface area (Å²) >= 11 is 0. The summed E-state index contributed by atoms with van der Waals surface area (Å²) < 4.78 is 5.59. The van der Waals surface area contributed by atoms with Gasteiger partial charge in [-0.25, -0.2) is 0 Å². The topological polar surface area (TPSA) is 57.7 Å². The molecular formula is C22H24N4O2. The molecular weight excluding hydrogens is 352 g/mol. The SMILES string of the molecule is COc1cc(C(=O)Nc2cccc3ncccc23)ccc1N1CCN(C)CC1. The smallest absolute Gasteiger partial charge is 0.255 e. The highest BCUT2D eigenvalue weighted by atomic mass is 16.5. The Labute approximate surface area is 164 Å². The quantitative estimate of drug-likeness (QED) is 0.758. The predicted molar refractivity (Wildman–Crippen MR) is 112 cm³/mol. The summed E-state index contributed by atoms with van der Waals surface area (Å²) in [6.45, 7) is 3.92. The number of ether oxygens (including phenoxy) is 1. The summed E-state index contributed by atoms with van der Waals surface area (Å²) in [6.07, 6.45) is 1.75. The number of carbonyl (C=O) groups excluding carboxylic acids is 1. The Balaban J connectivity index is 1.57. The van der Waals surface area contributed by atoms with Gasteiger partial charge >= 0.3 is 0 Å². The molecule has 1 N–H and O–H groups in total. The Morgan fingerprint density at radius 3 is 2.68 bits per heavy atom. The van der Waals surface area contributed by atoms with Crippen LogP contribution in [0.5, 0.6) is 5.75 Å². The number of piperazine rings is 1. The van der Waals surface area contributed by atoms with E-state index in [1.54, 1.807) is 13.3 Å². The van der Waals surface area contributed by atoms with E-state index in [2.05, 4.69) is 27.1 Å². The maximum Gasteiger partial charge on any atom is 0.255 e. The van der Waals surface area contributed by atoms with Gasteiger partial charge in [0.1, 0.15) is 5.75 Å². The number of anilines is 2. The predicted octanol–water partition coefficient (Wildman–Crippen LogP) is 3.25. The second-order valence-electron chi connectivity index (χ2n) is 7.01. The van der Waals surface area contributed by atoms with Crippen molar-refractivity contribution in [1.82, 2.24) is 9.88 Å². The molecule has 28 heavy (non-hydrogen) atoms. The van der Waals surface area contributed by atoms with Crippen molar-refractivity contribution in [2.45, 2.75) is 0 Å². The molecule has 3 aromatic rings. The summed E-state index contributed by atoms with van der Waals surface area (Å²) in [5, 5.41) is 3.92. The van der Waals surface area contributed by atoms with Crippen molar-refractivity contribution in [3.05, 3.63) is 60.3 Å². The van der Waals surface area contributed by atoms with Gasteiger partial charge in [0.25, 0.3) is 5.91 Å². The molecule has 2 aromatic carbocycles. The minimum atomic E-state index is -0.167. The molecule has 1 aliphatic heterocycles. The summed E-state index contributed by atoms with van der Waals surface area (Å²) in [5.41, 5.74) is 3.19. The first-order valence-electron chi connectivity index (χ1n) is 9.42. The van der Waals surface area contributed by atoms with Crippen molar-refractivity contribution in [1.29, 1.82) is 0 Å². The number of aromatic nitrogens is 1. The minimum absolute atomic E-state index is 0.167. The van der Waals surface area contributed by atoms with E-state index in [0.29, 0.717) is 5.56 Å². The van der Waals surface area contributed by atoms with E-state index in [1.165, 1.54) is 0 Å². The summed E-state index contributed by atoms with van der Waals surface area (Å²) in [5.74, 6) is 0.552. The van der Waals surface area contributed by atoms with E-state index in [-0.39, 0.29) is 5.91 Å². The van der Waals surface area contributed by atoms with Crippen LogP contribution in [0.3, 0.4) is 0 Å². The fourth-order valence-electron chi connectivity index (χ4n) is 3.53. The van der Waals surface area contributed by atoms with Crippen LogP contribution in [0.4, 0.5) is 11.4 Å². The number of nitrogens with one attached hydrogen (secondary N) is 1. The Morgan fingerprint density at radius 2 is 1.89 bits per heavy atom. The number of hydrogen-bond acceptors (Lipinski definition) is 5. The number of fused-ring (bicyclic) bond motifs is 1. The lowest BCUT2D eigenvalue weighted by molar-refractivity contribution is 0.102. The lowest BCUT2D eigenvalue weighted by Crippen LogP contribution is -2.44. The third-order valence-electron chi connectivity index (χ3n) is 5.18. The normalized spacial score (nSPS) is 14.9. The highest BCUT2D eigenvalue weighted by Crippen LogP contribution is 2.31. The van der Waals surface area contributed by atoms with E-state index < -0.39 is 0 Å². The van der Waals surface area contributed by atoms with Gasteiger partial charge < -0.3 is 19.9 Å². The standard InChI is InChI=1S/C22H24N4O2/c1-25-11-13-26(14-12-25)20-9-8-16(15-21(20)28-2)22(27)24-19-7-3-6-18-17(19)5-4-10-23-18/h3-10,15H,11-14H2,1-2H3,(H,24,27). The van der Waals surface area contributed by atoms with Crippen molar-refractivity contribution < 1.29 is 9.53 Å². The molecule has 6 heteroatoms. The Hall–Kier alpha value is -3.12. The van der Waals surface area contributed by atoms with Crippen LogP contribution in [0.25, 0.3) is 10.9 Å². The maximum atomic E-state index is 12.8. The lowest BCUT2D eigenvalue weighted by atomic mass is 10.1. The summed E-state index contributed by atoms with van der Waals surface area (Å²) in [7, 11) is 3.78. The van der Waals surface area contributed by atoms with E-state index in [9.17, 15) is 4.79 Å². The van der Waals surface area contributed by atoms with Crippen molar-refractivity contribution in [2.75, 3.05) is 50.6 Å². The molecule has 4 rings (SSSR count). The Bertz CT molecular complexity index is 991. The zero-order valence-electron chi connectivity index (χ0n) is 16.2. The largest absolute Gasteiger partial charge is 0.495 e. The molecule has 0 unspecified atom stereocenters. The van der Waals surface area contributed by atoms with E-state index in [4.69, 9.17) is 4.74 Å². The molecule has 1 fully saturated rings. The number of methoxy groups -OCH3 is 1. The number of nitrogens with zero attached hydrogens (tertiary/aromatic N) is 3. The second-order valence-corrected chi connectivity index (χ2v) is 7.01. The fraction of sp³-hybridized carbons (Fsp3) is 0.273. The van der Waals surface area contributed by atoms with Gasteiger partial charge in [-0.3, -0.25) is 9.78 Å². The van der Waals surface area contributed by atoms with Crippen LogP contribution in [0.2, 0.25) is 0 Å². The van der Waals surface area contributed by atoms with E-state index in [0.717, 1.165) is 54.2 Å². The first kappa shape index (κ1) is 18.3. The Morgan fingerprint density at radius 1 is 1.07 bits per heavy atom. The average molecular weight is 376 g/mol. The van der Waals surface area contributed by atoms with Crippen LogP contribution in [-0.2, 0) is 0 Å². The first-order chi connectivity index (χ1) is 13.7. The van der Waals surface area contributed by atoms with Gasteiger partial charge in [0.15, 0.2) is 0 Å². The molecule has 0 bridgehead atoms. The molecule has 0 saturated carbocycles. The monoisotopic (exact) mass is 376 g/mol. The number of hydrogen-bond donors (Lipinski definition) is 1. The van der Waals surface area contributed by atoms with Crippen LogP contribution >= 0.6 is 0 Å². The van der Waals surface area contributed by atoms with Crippen molar-refractivity contribution >= 4 is 28.2 Å². The fourth-order valence-corrected chi connectivity index (χ4v) is 3.53. The van der Waals surface area contributed by atoms with Crippen molar-refractivity contribution in [3.8, 4) is 5.75 Å². The van der Waals surface area contributed by atoms with Gasteiger partial charge in [0.05, 0.1) is 24.0 Å². The average Bonchev–Trinajstić information content (AvgIpc) is 2.74. The molecule has 2 heterocycles. The van der Waals surface area contributed by atoms with Crippen molar-refractivity contribution in [3.63, 3.8) is 0 Å². The number of pyridine rings is 1. The van der Waals surface area contributed by atoms with Gasteiger partial charge in [-0.2, -0.15) is 0 Å². The maximum absolute atomic E-state index is 12.8. The molecule has 1 saturated heterocycles. The van der Waals surface area contributed by atoms with Gasteiger partial charge in [-0.05, 0) is 49.5 Å². The summed E-state index contributed by atoms with van der Waals surface area (Å²) in [6, 6.07) is 15.2. The molecule has 1 aliphatic rings. The van der Waals surface area contributed by atoms with Crippen LogP contribution < -0.4 is 15.0 Å². The lowest BCUT2D eigenvalue weighted by Gasteiger charge is -2.34. The molecule has 0 atom stereocenters. The zero-order valence-corrected chi connectivity index (χ0v) is 16.2. The van der Waals surface area contributed by atoms with Crippen molar-refractivity contribution in [2.24, 2.45) is 0 Å². The number of benzene rings is 2. The van der Waals surface area contributed by atoms with Crippen LogP contribution in [0.15, 0.2) is 54.7 Å². The van der Waals surface area contributed by atoms with Gasteiger partial charge in [-0.1, -0.05) is 6.07 Å². The molecule has 6 nitrogen and oxygen atoms in total. The van der Waals surface area contributed by atoms with Crippen LogP contribution in [-0.4, -0.2) is 56.1 Å². The zero-order chi connectivity index (χ0) is 19.5. The summed E-state index contributed by atoms with van der Waals surface area (Å²) in [4.78, 5) is 21.8.